The number of amides is 2. The van der Waals surface area contributed by atoms with E-state index in [0.717, 1.165) is 19.9 Å². The summed E-state index contributed by atoms with van der Waals surface area (Å²) in [4.78, 5) is 29.6. The number of hydrogen-bond acceptors (Lipinski definition) is 6. The van der Waals surface area contributed by atoms with Crippen molar-refractivity contribution in [1.29, 1.82) is 0 Å². The van der Waals surface area contributed by atoms with E-state index in [9.17, 15) is 18.0 Å². The molecule has 0 aliphatic carbocycles. The first-order valence-corrected chi connectivity index (χ1v) is 16.1. The lowest BCUT2D eigenvalue weighted by Gasteiger charge is -2.35. The molecular formula is C31H36BrN3O6S. The van der Waals surface area contributed by atoms with Crippen LogP contribution in [0.3, 0.4) is 0 Å². The van der Waals surface area contributed by atoms with Gasteiger partial charge in [-0.3, -0.25) is 13.9 Å². The zero-order valence-electron chi connectivity index (χ0n) is 24.2. The second-order valence-electron chi connectivity index (χ2n) is 11.0. The number of halogens is 1. The largest absolute Gasteiger partial charge is 0.454 e. The summed E-state index contributed by atoms with van der Waals surface area (Å²) in [5.41, 5.74) is 1.38. The molecule has 42 heavy (non-hydrogen) atoms. The molecule has 1 aliphatic rings. The van der Waals surface area contributed by atoms with E-state index in [1.165, 1.54) is 11.8 Å². The van der Waals surface area contributed by atoms with Crippen LogP contribution < -0.4 is 19.1 Å². The SMILES string of the molecule is CCS(=O)(=O)N(CC(=O)N(Cc1ccc(Br)cc1)[C@H](Cc1ccccc1)C(=O)NC(C)(C)C)c1ccc2c(c1)OCO2. The first kappa shape index (κ1) is 31.4. The summed E-state index contributed by atoms with van der Waals surface area (Å²) < 4.78 is 39.5. The minimum Gasteiger partial charge on any atom is -0.454 e. The molecule has 3 aromatic rings. The Hall–Kier alpha value is -3.57. The minimum atomic E-state index is -3.89. The van der Waals surface area contributed by atoms with Crippen molar-refractivity contribution in [3.8, 4) is 11.5 Å². The molecule has 1 N–H and O–H groups in total. The Morgan fingerprint density at radius 3 is 2.26 bits per heavy atom. The van der Waals surface area contributed by atoms with E-state index in [-0.39, 0.29) is 37.1 Å². The standard InChI is InChI=1S/C31H36BrN3O6S/c1-5-42(38,39)35(25-15-16-27-28(18-25)41-21-40-27)20-29(36)34(19-23-11-13-24(32)14-12-23)26(30(37)33-31(2,3)4)17-22-9-7-6-8-10-22/h6-16,18,26H,5,17,19-21H2,1-4H3,(H,33,37)/t26-/m1/s1. The number of anilines is 1. The van der Waals surface area contributed by atoms with E-state index in [0.29, 0.717) is 11.5 Å². The van der Waals surface area contributed by atoms with Crippen molar-refractivity contribution in [1.82, 2.24) is 10.2 Å². The van der Waals surface area contributed by atoms with E-state index in [4.69, 9.17) is 9.47 Å². The van der Waals surface area contributed by atoms with Gasteiger partial charge in [-0.1, -0.05) is 58.4 Å². The van der Waals surface area contributed by atoms with Crippen molar-refractivity contribution in [3.63, 3.8) is 0 Å². The van der Waals surface area contributed by atoms with E-state index in [1.807, 2.05) is 75.4 Å². The topological polar surface area (TPSA) is 105 Å². The van der Waals surface area contributed by atoms with Gasteiger partial charge in [0.2, 0.25) is 28.6 Å². The Labute approximate surface area is 256 Å². The van der Waals surface area contributed by atoms with Crippen LogP contribution in [0.5, 0.6) is 11.5 Å². The summed E-state index contributed by atoms with van der Waals surface area (Å²) in [6.07, 6.45) is 0.246. The van der Waals surface area contributed by atoms with Crippen LogP contribution in [-0.4, -0.2) is 55.8 Å². The first-order valence-electron chi connectivity index (χ1n) is 13.7. The van der Waals surface area contributed by atoms with Crippen LogP contribution in [0.1, 0.15) is 38.8 Å². The molecule has 1 aliphatic heterocycles. The van der Waals surface area contributed by atoms with Crippen LogP contribution in [0.2, 0.25) is 0 Å². The Kier molecular flexibility index (Phi) is 9.83. The average molecular weight is 659 g/mol. The number of carbonyl (C=O) groups excluding carboxylic acids is 2. The molecular weight excluding hydrogens is 622 g/mol. The summed E-state index contributed by atoms with van der Waals surface area (Å²) in [6, 6.07) is 20.7. The van der Waals surface area contributed by atoms with Gasteiger partial charge in [0, 0.05) is 29.0 Å². The van der Waals surface area contributed by atoms with Crippen LogP contribution in [-0.2, 0) is 32.6 Å². The molecule has 0 fully saturated rings. The molecule has 11 heteroatoms. The van der Waals surface area contributed by atoms with Gasteiger partial charge in [-0.25, -0.2) is 8.42 Å². The van der Waals surface area contributed by atoms with Gasteiger partial charge in [0.25, 0.3) is 0 Å². The maximum Gasteiger partial charge on any atom is 0.244 e. The third kappa shape index (κ3) is 8.04. The molecule has 0 spiro atoms. The molecule has 4 rings (SSSR count). The van der Waals surface area contributed by atoms with Gasteiger partial charge in [0.05, 0.1) is 11.4 Å². The van der Waals surface area contributed by atoms with Crippen molar-refractivity contribution in [2.24, 2.45) is 0 Å². The Bertz CT molecular complexity index is 1510. The van der Waals surface area contributed by atoms with Crippen LogP contribution >= 0.6 is 15.9 Å². The van der Waals surface area contributed by atoms with Crippen LogP contribution in [0, 0.1) is 0 Å². The number of ether oxygens (including phenoxy) is 2. The van der Waals surface area contributed by atoms with Crippen molar-refractivity contribution < 1.29 is 27.5 Å². The van der Waals surface area contributed by atoms with Gasteiger partial charge in [-0.2, -0.15) is 0 Å². The van der Waals surface area contributed by atoms with E-state index in [1.54, 1.807) is 18.2 Å². The summed E-state index contributed by atoms with van der Waals surface area (Å²) in [5.74, 6) is -0.172. The highest BCUT2D eigenvalue weighted by Crippen LogP contribution is 2.36. The fraction of sp³-hybridized carbons (Fsp3) is 0.355. The van der Waals surface area contributed by atoms with Gasteiger partial charge in [0.15, 0.2) is 11.5 Å². The third-order valence-corrected chi connectivity index (χ3v) is 8.93. The summed E-state index contributed by atoms with van der Waals surface area (Å²) in [5, 5.41) is 3.02. The van der Waals surface area contributed by atoms with Gasteiger partial charge in [0.1, 0.15) is 12.6 Å². The molecule has 1 atom stereocenters. The van der Waals surface area contributed by atoms with Crippen molar-refractivity contribution in [2.45, 2.75) is 52.2 Å². The van der Waals surface area contributed by atoms with Gasteiger partial charge >= 0.3 is 0 Å². The molecule has 224 valence electrons. The average Bonchev–Trinajstić information content (AvgIpc) is 3.42. The maximum atomic E-state index is 14.3. The number of fused-ring (bicyclic) bond motifs is 1. The number of hydrogen-bond donors (Lipinski definition) is 1. The van der Waals surface area contributed by atoms with Crippen LogP contribution in [0.4, 0.5) is 5.69 Å². The van der Waals surface area contributed by atoms with Gasteiger partial charge in [-0.15, -0.1) is 0 Å². The fourth-order valence-corrected chi connectivity index (χ4v) is 5.87. The lowest BCUT2D eigenvalue weighted by atomic mass is 10.0. The first-order chi connectivity index (χ1) is 19.9. The van der Waals surface area contributed by atoms with Crippen molar-refractivity contribution >= 4 is 43.5 Å². The molecule has 0 bridgehead atoms. The number of rotatable bonds is 11. The van der Waals surface area contributed by atoms with Crippen molar-refractivity contribution in [2.75, 3.05) is 23.4 Å². The molecule has 1 heterocycles. The quantitative estimate of drug-likeness (QED) is 0.315. The Balaban J connectivity index is 1.75. The third-order valence-electron chi connectivity index (χ3n) is 6.66. The summed E-state index contributed by atoms with van der Waals surface area (Å²) in [7, 11) is -3.89. The van der Waals surface area contributed by atoms with Crippen LogP contribution in [0.25, 0.3) is 0 Å². The molecule has 0 aromatic heterocycles. The second-order valence-corrected chi connectivity index (χ2v) is 14.1. The second kappa shape index (κ2) is 13.2. The zero-order valence-corrected chi connectivity index (χ0v) is 26.6. The monoisotopic (exact) mass is 657 g/mol. The lowest BCUT2D eigenvalue weighted by Crippen LogP contribution is -2.56. The molecule has 0 saturated carbocycles. The lowest BCUT2D eigenvalue weighted by molar-refractivity contribution is -0.140. The zero-order chi connectivity index (χ0) is 30.5. The predicted octanol–water partition coefficient (Wildman–Crippen LogP) is 4.89. The van der Waals surface area contributed by atoms with E-state index < -0.39 is 34.1 Å². The van der Waals surface area contributed by atoms with Crippen molar-refractivity contribution in [3.05, 3.63) is 88.4 Å². The highest BCUT2D eigenvalue weighted by molar-refractivity contribution is 9.10. The Morgan fingerprint density at radius 1 is 0.952 bits per heavy atom. The van der Waals surface area contributed by atoms with Gasteiger partial charge < -0.3 is 19.7 Å². The molecule has 0 saturated heterocycles. The number of sulfonamides is 1. The summed E-state index contributed by atoms with van der Waals surface area (Å²) in [6.45, 7) is 6.78. The minimum absolute atomic E-state index is 0.0310. The van der Waals surface area contributed by atoms with Crippen LogP contribution in [0.15, 0.2) is 77.3 Å². The Morgan fingerprint density at radius 2 is 1.62 bits per heavy atom. The molecule has 9 nitrogen and oxygen atoms in total. The molecule has 0 radical (unpaired) electrons. The van der Waals surface area contributed by atoms with Gasteiger partial charge in [-0.05, 0) is 63.1 Å². The molecule has 2 amide bonds. The molecule has 3 aromatic carbocycles. The predicted molar refractivity (Wildman–Crippen MR) is 166 cm³/mol. The fourth-order valence-electron chi connectivity index (χ4n) is 4.55. The highest BCUT2D eigenvalue weighted by atomic mass is 79.9. The normalized spacial score (nSPS) is 13.4. The number of benzene rings is 3. The van der Waals surface area contributed by atoms with E-state index >= 15 is 0 Å². The number of nitrogens with one attached hydrogen (secondary N) is 1. The molecule has 0 unspecified atom stereocenters. The van der Waals surface area contributed by atoms with E-state index in [2.05, 4.69) is 21.2 Å². The number of nitrogens with zero attached hydrogens (tertiary/aromatic N) is 2. The smallest absolute Gasteiger partial charge is 0.244 e. The highest BCUT2D eigenvalue weighted by Gasteiger charge is 2.35. The summed E-state index contributed by atoms with van der Waals surface area (Å²) >= 11 is 3.44. The maximum absolute atomic E-state index is 14.3. The number of carbonyl (C=O) groups is 2.